The van der Waals surface area contributed by atoms with Crippen molar-refractivity contribution < 1.29 is 31.1 Å². The van der Waals surface area contributed by atoms with Crippen LogP contribution < -0.4 is 0 Å². The molecule has 37 heavy (non-hydrogen) atoms. The number of alkyl halides is 6. The Labute approximate surface area is 224 Å². The summed E-state index contributed by atoms with van der Waals surface area (Å²) in [5, 5.41) is 0. The molecule has 0 heterocycles. The van der Waals surface area contributed by atoms with Gasteiger partial charge in [0.2, 0.25) is 0 Å². The van der Waals surface area contributed by atoms with E-state index >= 15 is 0 Å². The topological polar surface area (TPSA) is 36.4 Å². The maximum Gasteiger partial charge on any atom is 0.417 e. The fourth-order valence-corrected chi connectivity index (χ4v) is 5.26. The Morgan fingerprint density at radius 2 is 0.919 bits per heavy atom. The second-order valence-electron chi connectivity index (χ2n) is 7.94. The first-order valence-electron chi connectivity index (χ1n) is 10.6. The second-order valence-corrected chi connectivity index (χ2v) is 9.65. The van der Waals surface area contributed by atoms with Gasteiger partial charge in [-0.05, 0) is 78.4 Å². The first-order chi connectivity index (χ1) is 17.4. The maximum atomic E-state index is 14.3. The summed E-state index contributed by atoms with van der Waals surface area (Å²) in [4.78, 5) is 2.96. The van der Waals surface area contributed by atoms with Crippen LogP contribution in [0.4, 0.5) is 26.3 Å². The zero-order chi connectivity index (χ0) is 27.0. The van der Waals surface area contributed by atoms with E-state index in [0.717, 1.165) is 12.1 Å². The van der Waals surface area contributed by atoms with E-state index in [9.17, 15) is 31.9 Å². The van der Waals surface area contributed by atoms with Crippen LogP contribution >= 0.6 is 31.9 Å². The summed E-state index contributed by atoms with van der Waals surface area (Å²) >= 11 is 6.18. The molecule has 0 aliphatic heterocycles. The zero-order valence-corrected chi connectivity index (χ0v) is 21.7. The van der Waals surface area contributed by atoms with Crippen molar-refractivity contribution in [2.24, 2.45) is 0 Å². The van der Waals surface area contributed by atoms with Crippen molar-refractivity contribution in [1.29, 1.82) is 0 Å². The lowest BCUT2D eigenvalue weighted by atomic mass is 9.89. The monoisotopic (exact) mass is 638 g/mol. The highest BCUT2D eigenvalue weighted by Gasteiger charge is 2.44. The summed E-state index contributed by atoms with van der Waals surface area (Å²) in [5.41, 5.74) is 6.25. The molecule has 188 valence electrons. The van der Waals surface area contributed by atoms with Gasteiger partial charge in [-0.3, -0.25) is 0 Å². The third kappa shape index (κ3) is 5.56. The molecule has 0 saturated carbocycles. The van der Waals surface area contributed by atoms with Gasteiger partial charge in [-0.15, -0.1) is 0 Å². The van der Waals surface area contributed by atoms with Crippen molar-refractivity contribution in [2.45, 2.75) is 12.4 Å². The molecule has 0 unspecified atom stereocenters. The van der Waals surface area contributed by atoms with E-state index in [-0.39, 0.29) is 20.1 Å². The molecule has 4 rings (SSSR count). The van der Waals surface area contributed by atoms with Crippen molar-refractivity contribution in [2.75, 3.05) is 0 Å². The van der Waals surface area contributed by atoms with Gasteiger partial charge >= 0.3 is 18.1 Å². The minimum Gasteiger partial charge on any atom is -0.361 e. The summed E-state index contributed by atoms with van der Waals surface area (Å²) in [5.74, 6) is 0. The van der Waals surface area contributed by atoms with Gasteiger partial charge in [0.25, 0.3) is 0 Å². The van der Waals surface area contributed by atoms with E-state index in [4.69, 9.17) is 0 Å². The molecule has 10 heteroatoms. The van der Waals surface area contributed by atoms with Crippen LogP contribution in [0, 0.1) is 0 Å². The Morgan fingerprint density at radius 1 is 0.568 bits per heavy atom. The molecular weight excluding hydrogens is 626 g/mol. The first kappa shape index (κ1) is 26.9. The van der Waals surface area contributed by atoms with Crippen molar-refractivity contribution >= 4 is 37.6 Å². The molecule has 0 N–H and O–H groups in total. The predicted molar refractivity (Wildman–Crippen MR) is 136 cm³/mol. The van der Waals surface area contributed by atoms with Crippen molar-refractivity contribution in [3.8, 4) is 22.3 Å². The summed E-state index contributed by atoms with van der Waals surface area (Å²) in [6, 6.07) is 20.7. The second kappa shape index (κ2) is 10.3. The lowest BCUT2D eigenvalue weighted by Gasteiger charge is -2.18. The molecule has 0 amide bonds. The van der Waals surface area contributed by atoms with Crippen LogP contribution in [0.3, 0.4) is 0 Å². The largest absolute Gasteiger partial charge is 0.417 e. The Morgan fingerprint density at radius 3 is 1.22 bits per heavy atom. The Hall–Kier alpha value is -3.20. The average Bonchev–Trinajstić information content (AvgIpc) is 2.85. The highest BCUT2D eigenvalue weighted by atomic mass is 79.9. The van der Waals surface area contributed by atoms with Gasteiger partial charge in [-0.2, -0.15) is 31.1 Å². The van der Waals surface area contributed by atoms with Gasteiger partial charge in [0.05, 0.1) is 22.3 Å². The quantitative estimate of drug-likeness (QED) is 0.0923. The van der Waals surface area contributed by atoms with Gasteiger partial charge < -0.3 is 5.53 Å². The van der Waals surface area contributed by atoms with E-state index in [2.05, 4.69) is 36.6 Å². The maximum absolute atomic E-state index is 14.3. The fraction of sp³-hybridized carbons (Fsp3) is 0.0741. The molecular formula is C27H14Br2F6N2. The molecule has 0 saturated heterocycles. The summed E-state index contributed by atoms with van der Waals surface area (Å²) < 4.78 is 85.2. The van der Waals surface area contributed by atoms with Gasteiger partial charge in [0.15, 0.2) is 0 Å². The highest BCUT2D eigenvalue weighted by Crippen LogP contribution is 2.44. The molecule has 0 aliphatic carbocycles. The van der Waals surface area contributed by atoms with E-state index < -0.39 is 40.3 Å². The van der Waals surface area contributed by atoms with Gasteiger partial charge in [0.1, 0.15) is 0 Å². The molecule has 0 aliphatic rings. The molecule has 0 atom stereocenters. The zero-order valence-electron chi connectivity index (χ0n) is 18.5. The Balaban J connectivity index is 2.02. The summed E-state index contributed by atoms with van der Waals surface area (Å²) in [7, 11) is 0. The lowest BCUT2D eigenvalue weighted by Crippen LogP contribution is -2.21. The summed E-state index contributed by atoms with van der Waals surface area (Å²) in [6.07, 6.45) is -9.96. The Kier molecular flexibility index (Phi) is 7.46. The minimum atomic E-state index is -4.98. The normalized spacial score (nSPS) is 11.8. The molecule has 4 aromatic rings. The van der Waals surface area contributed by atoms with Crippen LogP contribution in [0.1, 0.15) is 22.3 Å². The highest BCUT2D eigenvalue weighted by molar-refractivity contribution is 9.11. The van der Waals surface area contributed by atoms with Crippen molar-refractivity contribution in [3.05, 3.63) is 122 Å². The van der Waals surface area contributed by atoms with Crippen molar-refractivity contribution in [3.63, 3.8) is 0 Å². The molecule has 0 aromatic heterocycles. The third-order valence-corrected chi connectivity index (χ3v) is 6.83. The number of hydrogen-bond acceptors (Lipinski definition) is 0. The number of halogens is 8. The molecule has 0 fully saturated rings. The standard InChI is InChI=1S/C27H14Br2F6N2/c28-21-13-17(15-7-3-1-4-8-15)11-19(26(30,31)32)23(21)25(37-36)24-20(27(33,34)35)12-18(14-22(24)29)16-9-5-2-6-10-16/h1-14H. The number of rotatable bonds is 4. The van der Waals surface area contributed by atoms with E-state index in [0.29, 0.717) is 11.1 Å². The van der Waals surface area contributed by atoms with Gasteiger partial charge in [-0.25, -0.2) is 0 Å². The van der Waals surface area contributed by atoms with Crippen LogP contribution in [0.5, 0.6) is 0 Å². The smallest absolute Gasteiger partial charge is 0.361 e. The molecule has 0 radical (unpaired) electrons. The summed E-state index contributed by atoms with van der Waals surface area (Å²) in [6.45, 7) is 0. The van der Waals surface area contributed by atoms with E-state index in [1.807, 2.05) is 0 Å². The number of nitrogens with zero attached hydrogens (tertiary/aromatic N) is 2. The minimum absolute atomic E-state index is 0.176. The molecule has 0 bridgehead atoms. The average molecular weight is 640 g/mol. The SMILES string of the molecule is [N-]=[N+]=C(c1c(Br)cc(-c2ccccc2)cc1C(F)(F)F)c1c(Br)cc(-c2ccccc2)cc1C(F)(F)F. The van der Waals surface area contributed by atoms with Crippen LogP contribution in [0.15, 0.2) is 93.9 Å². The molecule has 2 nitrogen and oxygen atoms in total. The first-order valence-corrected chi connectivity index (χ1v) is 12.2. The molecule has 4 aromatic carbocycles. The predicted octanol–water partition coefficient (Wildman–Crippen LogP) is 9.65. The Bertz CT molecular complexity index is 1400. The van der Waals surface area contributed by atoms with Crippen LogP contribution in [-0.2, 0) is 12.4 Å². The lowest BCUT2D eigenvalue weighted by molar-refractivity contribution is -0.138. The molecule has 0 spiro atoms. The van der Waals surface area contributed by atoms with Gasteiger partial charge in [-0.1, -0.05) is 60.7 Å². The van der Waals surface area contributed by atoms with Gasteiger partial charge in [0, 0.05) is 8.95 Å². The fourth-order valence-electron chi connectivity index (χ4n) is 3.96. The van der Waals surface area contributed by atoms with Crippen LogP contribution in [0.25, 0.3) is 27.8 Å². The third-order valence-electron chi connectivity index (χ3n) is 5.58. The number of hydrogen-bond donors (Lipinski definition) is 0. The van der Waals surface area contributed by atoms with E-state index in [1.165, 1.54) is 12.1 Å². The van der Waals surface area contributed by atoms with E-state index in [1.54, 1.807) is 60.7 Å². The number of benzene rings is 4. The van der Waals surface area contributed by atoms with Crippen molar-refractivity contribution in [1.82, 2.24) is 0 Å². The van der Waals surface area contributed by atoms with Crippen LogP contribution in [0.2, 0.25) is 0 Å². The van der Waals surface area contributed by atoms with Crippen LogP contribution in [-0.4, -0.2) is 10.5 Å².